The molecule has 146 valence electrons. The van der Waals surface area contributed by atoms with Gasteiger partial charge in [-0.05, 0) is 18.2 Å². The first kappa shape index (κ1) is 17.8. The normalized spacial score (nSPS) is 10.9. The van der Waals surface area contributed by atoms with Gasteiger partial charge in [0.2, 0.25) is 0 Å². The van der Waals surface area contributed by atoms with E-state index in [0.29, 0.717) is 17.8 Å². The molecule has 1 N–H and O–H groups in total. The van der Waals surface area contributed by atoms with Crippen LogP contribution in [0.25, 0.3) is 22.6 Å². The molecule has 3 aromatic heterocycles. The highest BCUT2D eigenvalue weighted by molar-refractivity contribution is 5.99. The van der Waals surface area contributed by atoms with Crippen molar-refractivity contribution in [2.24, 2.45) is 0 Å². The van der Waals surface area contributed by atoms with Crippen LogP contribution in [0.4, 0.5) is 0 Å². The number of hydrogen-bond donors (Lipinski definition) is 1. The Labute approximate surface area is 172 Å². The Balaban J connectivity index is 1.46. The zero-order valence-corrected chi connectivity index (χ0v) is 16.0. The van der Waals surface area contributed by atoms with Gasteiger partial charge in [0, 0.05) is 36.3 Å². The number of carbonyl (C=O) groups is 1. The third-order valence-electron chi connectivity index (χ3n) is 4.82. The predicted octanol–water partition coefficient (Wildman–Crippen LogP) is 3.51. The van der Waals surface area contributed by atoms with Crippen LogP contribution in [-0.2, 0) is 6.54 Å². The molecular formula is C23H18N6O. The lowest BCUT2D eigenvalue weighted by Crippen LogP contribution is -2.23. The van der Waals surface area contributed by atoms with E-state index >= 15 is 0 Å². The lowest BCUT2D eigenvalue weighted by molar-refractivity contribution is 0.0952. The van der Waals surface area contributed by atoms with Crippen molar-refractivity contribution in [3.8, 4) is 16.9 Å². The average Bonchev–Trinajstić information content (AvgIpc) is 3.43. The van der Waals surface area contributed by atoms with Gasteiger partial charge < -0.3 is 5.32 Å². The molecular weight excluding hydrogens is 376 g/mol. The quantitative estimate of drug-likeness (QED) is 0.495. The summed E-state index contributed by atoms with van der Waals surface area (Å²) in [4.78, 5) is 17.0. The Morgan fingerprint density at radius 3 is 2.53 bits per heavy atom. The highest BCUT2D eigenvalue weighted by Gasteiger charge is 2.16. The van der Waals surface area contributed by atoms with Crippen LogP contribution in [-0.4, -0.2) is 30.3 Å². The van der Waals surface area contributed by atoms with Gasteiger partial charge in [-0.25, -0.2) is 14.2 Å². The van der Waals surface area contributed by atoms with E-state index in [4.69, 9.17) is 5.10 Å². The van der Waals surface area contributed by atoms with E-state index in [1.54, 1.807) is 23.0 Å². The first-order valence-corrected chi connectivity index (χ1v) is 9.55. The van der Waals surface area contributed by atoms with Crippen LogP contribution in [0.2, 0.25) is 0 Å². The van der Waals surface area contributed by atoms with Crippen molar-refractivity contribution < 1.29 is 4.79 Å². The van der Waals surface area contributed by atoms with Gasteiger partial charge in [-0.1, -0.05) is 48.5 Å². The number of benzene rings is 2. The van der Waals surface area contributed by atoms with Crippen LogP contribution >= 0.6 is 0 Å². The number of amides is 1. The summed E-state index contributed by atoms with van der Waals surface area (Å²) in [5, 5.41) is 11.9. The SMILES string of the molecule is O=C(NCc1cn(-c2ccccc2)nc1-c1ccccc1)c1cnn2cccnc12. The van der Waals surface area contributed by atoms with E-state index in [9.17, 15) is 4.79 Å². The molecule has 0 aliphatic heterocycles. The Bertz CT molecular complexity index is 1310. The minimum atomic E-state index is -0.227. The molecule has 5 aromatic rings. The minimum Gasteiger partial charge on any atom is -0.348 e. The Morgan fingerprint density at radius 2 is 1.73 bits per heavy atom. The van der Waals surface area contributed by atoms with Gasteiger partial charge in [-0.15, -0.1) is 0 Å². The fourth-order valence-electron chi connectivity index (χ4n) is 3.35. The summed E-state index contributed by atoms with van der Waals surface area (Å²) < 4.78 is 3.42. The van der Waals surface area contributed by atoms with Crippen molar-refractivity contribution in [2.75, 3.05) is 0 Å². The average molecular weight is 394 g/mol. The van der Waals surface area contributed by atoms with Crippen molar-refractivity contribution >= 4 is 11.6 Å². The number of carbonyl (C=O) groups excluding carboxylic acids is 1. The molecule has 1 amide bonds. The van der Waals surface area contributed by atoms with Gasteiger partial charge in [0.25, 0.3) is 5.91 Å². The third kappa shape index (κ3) is 3.33. The second kappa shape index (κ2) is 7.63. The summed E-state index contributed by atoms with van der Waals surface area (Å²) in [6.45, 7) is 0.333. The van der Waals surface area contributed by atoms with Crippen molar-refractivity contribution in [3.63, 3.8) is 0 Å². The number of para-hydroxylation sites is 1. The topological polar surface area (TPSA) is 77.1 Å². The van der Waals surface area contributed by atoms with Crippen LogP contribution in [0, 0.1) is 0 Å². The maximum atomic E-state index is 12.8. The fraction of sp³-hybridized carbons (Fsp3) is 0.0435. The van der Waals surface area contributed by atoms with Crippen LogP contribution < -0.4 is 5.32 Å². The molecule has 0 aliphatic carbocycles. The Morgan fingerprint density at radius 1 is 0.967 bits per heavy atom. The van der Waals surface area contributed by atoms with Crippen LogP contribution in [0.1, 0.15) is 15.9 Å². The molecule has 0 fully saturated rings. The van der Waals surface area contributed by atoms with Gasteiger partial charge in [-0.3, -0.25) is 4.79 Å². The first-order chi connectivity index (χ1) is 14.8. The molecule has 0 aliphatic rings. The summed E-state index contributed by atoms with van der Waals surface area (Å²) in [6.07, 6.45) is 6.89. The van der Waals surface area contributed by atoms with E-state index in [1.807, 2.05) is 71.5 Å². The van der Waals surface area contributed by atoms with Crippen molar-refractivity contribution in [1.82, 2.24) is 29.7 Å². The van der Waals surface area contributed by atoms with Crippen molar-refractivity contribution in [2.45, 2.75) is 6.54 Å². The number of aromatic nitrogens is 5. The molecule has 3 heterocycles. The highest BCUT2D eigenvalue weighted by atomic mass is 16.1. The largest absolute Gasteiger partial charge is 0.348 e. The minimum absolute atomic E-state index is 0.227. The number of fused-ring (bicyclic) bond motifs is 1. The zero-order valence-electron chi connectivity index (χ0n) is 16.0. The Hall–Kier alpha value is -4.26. The molecule has 0 atom stereocenters. The number of rotatable bonds is 5. The monoisotopic (exact) mass is 394 g/mol. The molecule has 0 spiro atoms. The van der Waals surface area contributed by atoms with Crippen LogP contribution in [0.3, 0.4) is 0 Å². The first-order valence-electron chi connectivity index (χ1n) is 9.55. The third-order valence-corrected chi connectivity index (χ3v) is 4.82. The summed E-state index contributed by atoms with van der Waals surface area (Å²) in [5.41, 5.74) is 4.67. The van der Waals surface area contributed by atoms with E-state index in [2.05, 4.69) is 15.4 Å². The van der Waals surface area contributed by atoms with Gasteiger partial charge in [-0.2, -0.15) is 10.2 Å². The van der Waals surface area contributed by atoms with E-state index in [-0.39, 0.29) is 5.91 Å². The summed E-state index contributed by atoms with van der Waals surface area (Å²) in [6, 6.07) is 21.6. The molecule has 5 rings (SSSR count). The van der Waals surface area contributed by atoms with Gasteiger partial charge in [0.15, 0.2) is 5.65 Å². The molecule has 7 nitrogen and oxygen atoms in total. The lowest BCUT2D eigenvalue weighted by Gasteiger charge is -2.05. The van der Waals surface area contributed by atoms with E-state index in [1.165, 1.54) is 6.20 Å². The highest BCUT2D eigenvalue weighted by Crippen LogP contribution is 2.23. The lowest BCUT2D eigenvalue weighted by atomic mass is 10.1. The second-order valence-electron chi connectivity index (χ2n) is 6.78. The zero-order chi connectivity index (χ0) is 20.3. The predicted molar refractivity (Wildman–Crippen MR) is 113 cm³/mol. The van der Waals surface area contributed by atoms with Gasteiger partial charge >= 0.3 is 0 Å². The summed E-state index contributed by atoms with van der Waals surface area (Å²) >= 11 is 0. The molecule has 0 radical (unpaired) electrons. The van der Waals surface area contributed by atoms with Crippen molar-refractivity contribution in [1.29, 1.82) is 0 Å². The molecule has 0 saturated carbocycles. The van der Waals surface area contributed by atoms with Gasteiger partial charge in [0.05, 0.1) is 17.6 Å². The molecule has 30 heavy (non-hydrogen) atoms. The summed E-state index contributed by atoms with van der Waals surface area (Å²) in [5.74, 6) is -0.227. The molecule has 0 bridgehead atoms. The summed E-state index contributed by atoms with van der Waals surface area (Å²) in [7, 11) is 0. The molecule has 0 unspecified atom stereocenters. The maximum absolute atomic E-state index is 12.8. The number of nitrogens with one attached hydrogen (secondary N) is 1. The number of nitrogens with zero attached hydrogens (tertiary/aromatic N) is 5. The Kier molecular flexibility index (Phi) is 4.53. The molecule has 2 aromatic carbocycles. The fourth-order valence-corrected chi connectivity index (χ4v) is 3.35. The molecule has 7 heteroatoms. The second-order valence-corrected chi connectivity index (χ2v) is 6.78. The standard InChI is InChI=1S/C23H18N6O/c30-23(20-15-26-28-13-7-12-24-22(20)28)25-14-18-16-29(19-10-5-2-6-11-19)27-21(18)17-8-3-1-4-9-17/h1-13,15-16H,14H2,(H,25,30). The maximum Gasteiger partial charge on any atom is 0.257 e. The van der Waals surface area contributed by atoms with E-state index in [0.717, 1.165) is 22.5 Å². The van der Waals surface area contributed by atoms with E-state index < -0.39 is 0 Å². The van der Waals surface area contributed by atoms with Crippen molar-refractivity contribution in [3.05, 3.63) is 103 Å². The van der Waals surface area contributed by atoms with Crippen LogP contribution in [0.5, 0.6) is 0 Å². The van der Waals surface area contributed by atoms with Crippen LogP contribution in [0.15, 0.2) is 91.5 Å². The smallest absolute Gasteiger partial charge is 0.257 e. The van der Waals surface area contributed by atoms with Gasteiger partial charge in [0.1, 0.15) is 5.56 Å². The molecule has 0 saturated heterocycles. The number of hydrogen-bond acceptors (Lipinski definition) is 4.